The molecule has 1 aromatic carbocycles. The summed E-state index contributed by atoms with van der Waals surface area (Å²) in [4.78, 5) is 24.9. The van der Waals surface area contributed by atoms with E-state index in [1.54, 1.807) is 6.07 Å². The number of anilines is 2. The van der Waals surface area contributed by atoms with Crippen molar-refractivity contribution in [1.29, 1.82) is 0 Å². The number of hydrogen-bond donors (Lipinski definition) is 3. The maximum Gasteiger partial charge on any atom is 0.261 e. The van der Waals surface area contributed by atoms with Gasteiger partial charge in [0, 0.05) is 12.6 Å². The highest BCUT2D eigenvalue weighted by Gasteiger charge is 2.26. The zero-order valence-electron chi connectivity index (χ0n) is 20.3. The number of hydrogen-bond acceptors (Lipinski definition) is 8. The number of aryl methyl sites for hydroxylation is 1. The van der Waals surface area contributed by atoms with Crippen molar-refractivity contribution < 1.29 is 19.0 Å². The Morgan fingerprint density at radius 1 is 1.29 bits per heavy atom. The van der Waals surface area contributed by atoms with Crippen molar-refractivity contribution in [3.8, 4) is 5.75 Å². The molecule has 35 heavy (non-hydrogen) atoms. The fourth-order valence-corrected chi connectivity index (χ4v) is 5.33. The highest BCUT2D eigenvalue weighted by atomic mass is 32.1. The number of benzene rings is 1. The molecule has 2 unspecified atom stereocenters. The van der Waals surface area contributed by atoms with E-state index in [-0.39, 0.29) is 12.0 Å². The minimum absolute atomic E-state index is 0.132. The van der Waals surface area contributed by atoms with Crippen molar-refractivity contribution in [2.45, 2.75) is 51.2 Å². The van der Waals surface area contributed by atoms with Crippen LogP contribution in [0, 0.1) is 12.7 Å². The molecular formula is C25H32FN5O3S. The highest BCUT2D eigenvalue weighted by Crippen LogP contribution is 2.37. The van der Waals surface area contributed by atoms with Gasteiger partial charge in [-0.2, -0.15) is 0 Å². The first kappa shape index (κ1) is 25.3. The van der Waals surface area contributed by atoms with Crippen LogP contribution in [-0.2, 0) is 0 Å². The van der Waals surface area contributed by atoms with Gasteiger partial charge < -0.3 is 25.4 Å². The molecule has 1 aliphatic carbocycles. The van der Waals surface area contributed by atoms with Gasteiger partial charge in [0.25, 0.3) is 5.91 Å². The average molecular weight is 502 g/mol. The van der Waals surface area contributed by atoms with Crippen LogP contribution in [0.4, 0.5) is 15.9 Å². The van der Waals surface area contributed by atoms with Crippen molar-refractivity contribution in [3.63, 3.8) is 0 Å². The van der Waals surface area contributed by atoms with Gasteiger partial charge in [0.15, 0.2) is 0 Å². The normalized spacial score (nSPS) is 18.1. The number of aromatic nitrogens is 2. The van der Waals surface area contributed by atoms with E-state index in [9.17, 15) is 14.3 Å². The van der Waals surface area contributed by atoms with Crippen LogP contribution in [0.1, 0.15) is 47.3 Å². The van der Waals surface area contributed by atoms with Gasteiger partial charge in [0.1, 0.15) is 34.6 Å². The minimum Gasteiger partial charge on any atom is -0.485 e. The summed E-state index contributed by atoms with van der Waals surface area (Å²) in [7, 11) is 4.00. The third-order valence-electron chi connectivity index (χ3n) is 6.14. The third kappa shape index (κ3) is 6.06. The second-order valence-electron chi connectivity index (χ2n) is 9.14. The number of aliphatic hydroxyl groups excluding tert-OH is 1. The molecule has 2 aromatic heterocycles. The molecule has 0 saturated heterocycles. The summed E-state index contributed by atoms with van der Waals surface area (Å²) in [6, 6.07) is 4.25. The van der Waals surface area contributed by atoms with E-state index in [2.05, 4.69) is 25.5 Å². The molecule has 0 spiro atoms. The van der Waals surface area contributed by atoms with Crippen LogP contribution >= 0.6 is 11.3 Å². The molecule has 188 valence electrons. The van der Waals surface area contributed by atoms with Crippen LogP contribution in [0.25, 0.3) is 10.2 Å². The predicted octanol–water partition coefficient (Wildman–Crippen LogP) is 4.25. The Morgan fingerprint density at radius 3 is 2.86 bits per heavy atom. The van der Waals surface area contributed by atoms with Crippen molar-refractivity contribution in [2.24, 2.45) is 0 Å². The van der Waals surface area contributed by atoms with Crippen molar-refractivity contribution >= 4 is 39.0 Å². The molecule has 3 aromatic rings. The van der Waals surface area contributed by atoms with E-state index >= 15 is 0 Å². The average Bonchev–Trinajstić information content (AvgIpc) is 3.17. The summed E-state index contributed by atoms with van der Waals surface area (Å²) in [5, 5.41) is 17.3. The Kier molecular flexibility index (Phi) is 8.15. The lowest BCUT2D eigenvalue weighted by Gasteiger charge is -2.29. The molecule has 0 aliphatic heterocycles. The van der Waals surface area contributed by atoms with Crippen molar-refractivity contribution in [1.82, 2.24) is 20.2 Å². The molecule has 4 rings (SSSR count). The zero-order chi connectivity index (χ0) is 24.9. The van der Waals surface area contributed by atoms with Crippen LogP contribution in [0.15, 0.2) is 24.5 Å². The molecule has 1 fully saturated rings. The van der Waals surface area contributed by atoms with Crippen LogP contribution in [0.3, 0.4) is 0 Å². The van der Waals surface area contributed by atoms with Gasteiger partial charge >= 0.3 is 0 Å². The molecule has 1 amide bonds. The summed E-state index contributed by atoms with van der Waals surface area (Å²) in [6.07, 6.45) is 4.63. The Balaban J connectivity index is 1.58. The third-order valence-corrected chi connectivity index (χ3v) is 7.34. The lowest BCUT2D eigenvalue weighted by atomic mass is 9.95. The van der Waals surface area contributed by atoms with Crippen LogP contribution in [-0.4, -0.2) is 65.3 Å². The van der Waals surface area contributed by atoms with Crippen molar-refractivity contribution in [3.05, 3.63) is 40.8 Å². The quantitative estimate of drug-likeness (QED) is 0.377. The number of amides is 1. The van der Waals surface area contributed by atoms with Crippen molar-refractivity contribution in [2.75, 3.05) is 32.5 Å². The fraction of sp³-hybridized carbons (Fsp3) is 0.480. The molecule has 8 nitrogen and oxygen atoms in total. The lowest BCUT2D eigenvalue weighted by molar-refractivity contribution is 0.00712. The largest absolute Gasteiger partial charge is 0.485 e. The zero-order valence-corrected chi connectivity index (χ0v) is 21.1. The molecule has 1 saturated carbocycles. The summed E-state index contributed by atoms with van der Waals surface area (Å²) < 4.78 is 20.1. The van der Waals surface area contributed by atoms with E-state index in [0.29, 0.717) is 46.3 Å². The molecule has 0 radical (unpaired) electrons. The number of fused-ring (bicyclic) bond motifs is 1. The maximum atomic E-state index is 14.1. The number of nitrogens with zero attached hydrogens (tertiary/aromatic N) is 3. The monoisotopic (exact) mass is 501 g/mol. The Hall–Kier alpha value is -2.82. The van der Waals surface area contributed by atoms with Gasteiger partial charge in [-0.15, -0.1) is 11.3 Å². The summed E-state index contributed by atoms with van der Waals surface area (Å²) >= 11 is 1.32. The topological polar surface area (TPSA) is 99.6 Å². The van der Waals surface area contributed by atoms with Gasteiger partial charge in [-0.3, -0.25) is 4.79 Å². The SMILES string of the molecule is Cc1c(C(=O)NCCCN(C)C)sc2ncnc(Nc3ccc(F)cc3OC3CCCCC3O)c12. The molecule has 3 N–H and O–H groups in total. The second-order valence-corrected chi connectivity index (χ2v) is 10.1. The number of rotatable bonds is 9. The van der Waals surface area contributed by atoms with Gasteiger partial charge in [-0.1, -0.05) is 6.42 Å². The summed E-state index contributed by atoms with van der Waals surface area (Å²) in [5.74, 6) is 0.265. The highest BCUT2D eigenvalue weighted by molar-refractivity contribution is 7.20. The van der Waals surface area contributed by atoms with E-state index in [0.717, 1.165) is 36.8 Å². The Bertz CT molecular complexity index is 1190. The van der Waals surface area contributed by atoms with Gasteiger partial charge in [0.05, 0.1) is 22.1 Å². The first-order valence-electron chi connectivity index (χ1n) is 11.9. The molecule has 2 heterocycles. The van der Waals surface area contributed by atoms with E-state index in [4.69, 9.17) is 4.74 Å². The van der Waals surface area contributed by atoms with Crippen LogP contribution < -0.4 is 15.4 Å². The van der Waals surface area contributed by atoms with Gasteiger partial charge in [0.2, 0.25) is 0 Å². The number of aliphatic hydroxyl groups is 1. The summed E-state index contributed by atoms with van der Waals surface area (Å²) in [6.45, 7) is 3.36. The Labute approximate surface area is 208 Å². The molecule has 2 atom stereocenters. The summed E-state index contributed by atoms with van der Waals surface area (Å²) in [5.41, 5.74) is 1.31. The Morgan fingerprint density at radius 2 is 2.09 bits per heavy atom. The van der Waals surface area contributed by atoms with Crippen LogP contribution in [0.2, 0.25) is 0 Å². The minimum atomic E-state index is -0.580. The fourth-order valence-electron chi connectivity index (χ4n) is 4.26. The predicted molar refractivity (Wildman–Crippen MR) is 136 cm³/mol. The lowest BCUT2D eigenvalue weighted by Crippen LogP contribution is -2.34. The number of thiophene rings is 1. The van der Waals surface area contributed by atoms with E-state index in [1.165, 1.54) is 29.8 Å². The first-order valence-corrected chi connectivity index (χ1v) is 12.7. The number of carbonyl (C=O) groups is 1. The molecule has 1 aliphatic rings. The van der Waals surface area contributed by atoms with Gasteiger partial charge in [-0.05, 0) is 70.9 Å². The standard InChI is InChI=1S/C25H32FN5O3S/c1-15-21-23(28-14-29-25(21)35-22(15)24(33)27-11-6-12-31(2)3)30-17-10-9-16(26)13-20(17)34-19-8-5-4-7-18(19)32/h9-10,13-14,18-19,32H,4-8,11-12H2,1-3H3,(H,27,33)(H,28,29,30). The first-order chi connectivity index (χ1) is 16.8. The second kappa shape index (κ2) is 11.3. The maximum absolute atomic E-state index is 14.1. The number of carbonyl (C=O) groups excluding carboxylic acids is 1. The molecular weight excluding hydrogens is 469 g/mol. The van der Waals surface area contributed by atoms with E-state index in [1.807, 2.05) is 21.0 Å². The molecule has 10 heteroatoms. The van der Waals surface area contributed by atoms with Gasteiger partial charge in [-0.25, -0.2) is 14.4 Å². The number of nitrogens with one attached hydrogen (secondary N) is 2. The van der Waals surface area contributed by atoms with Crippen LogP contribution in [0.5, 0.6) is 5.75 Å². The number of halogens is 1. The number of ether oxygens (including phenoxy) is 1. The smallest absolute Gasteiger partial charge is 0.261 e. The van der Waals surface area contributed by atoms with E-state index < -0.39 is 11.9 Å². The molecule has 0 bridgehead atoms.